The second-order valence-electron chi connectivity index (χ2n) is 7.48. The molecule has 1 atom stereocenters. The van der Waals surface area contributed by atoms with E-state index in [0.717, 1.165) is 47.0 Å². The van der Waals surface area contributed by atoms with E-state index in [1.54, 1.807) is 11.1 Å². The van der Waals surface area contributed by atoms with E-state index >= 15 is 0 Å². The summed E-state index contributed by atoms with van der Waals surface area (Å²) in [5.74, 6) is -0.199. The SMILES string of the molecule is C[C@H]1Cc2cc(Br)ccc2N1C(=O)c1cn2c3c(cccc3c1=O)CCC2. The Kier molecular flexibility index (Phi) is 3.76. The number of rotatable bonds is 1. The first-order valence-electron chi connectivity index (χ1n) is 9.31. The average Bonchev–Trinajstić information content (AvgIpc) is 2.98. The lowest BCUT2D eigenvalue weighted by molar-refractivity contribution is 0.0980. The number of para-hydroxylation sites is 1. The van der Waals surface area contributed by atoms with Gasteiger partial charge in [0.25, 0.3) is 5.91 Å². The molecule has 2 aromatic carbocycles. The zero-order valence-corrected chi connectivity index (χ0v) is 16.6. The smallest absolute Gasteiger partial charge is 0.264 e. The number of benzene rings is 2. The first-order valence-corrected chi connectivity index (χ1v) is 10.1. The lowest BCUT2D eigenvalue weighted by Crippen LogP contribution is -2.39. The molecule has 5 heteroatoms. The van der Waals surface area contributed by atoms with Crippen molar-refractivity contribution < 1.29 is 4.79 Å². The Morgan fingerprint density at radius 2 is 2.04 bits per heavy atom. The van der Waals surface area contributed by atoms with Crippen molar-refractivity contribution in [1.82, 2.24) is 4.57 Å². The van der Waals surface area contributed by atoms with Crippen LogP contribution in [0.1, 0.15) is 34.8 Å². The van der Waals surface area contributed by atoms with Gasteiger partial charge in [-0.2, -0.15) is 0 Å². The summed E-state index contributed by atoms with van der Waals surface area (Å²) < 4.78 is 3.09. The van der Waals surface area contributed by atoms with Gasteiger partial charge in [-0.3, -0.25) is 9.59 Å². The van der Waals surface area contributed by atoms with E-state index in [1.165, 1.54) is 5.56 Å². The molecule has 0 saturated carbocycles. The molecule has 27 heavy (non-hydrogen) atoms. The maximum Gasteiger partial charge on any atom is 0.264 e. The van der Waals surface area contributed by atoms with Crippen molar-refractivity contribution in [3.8, 4) is 0 Å². The molecule has 136 valence electrons. The van der Waals surface area contributed by atoms with E-state index in [2.05, 4.69) is 32.6 Å². The Hall–Kier alpha value is -2.40. The van der Waals surface area contributed by atoms with E-state index in [9.17, 15) is 9.59 Å². The molecule has 0 spiro atoms. The van der Waals surface area contributed by atoms with Crippen LogP contribution in [-0.2, 0) is 19.4 Å². The van der Waals surface area contributed by atoms with Crippen LogP contribution >= 0.6 is 15.9 Å². The van der Waals surface area contributed by atoms with Crippen LogP contribution in [0.5, 0.6) is 0 Å². The number of halogens is 1. The molecule has 0 unspecified atom stereocenters. The highest BCUT2D eigenvalue weighted by molar-refractivity contribution is 9.10. The van der Waals surface area contributed by atoms with Crippen LogP contribution in [0, 0.1) is 0 Å². The summed E-state index contributed by atoms with van der Waals surface area (Å²) in [6.07, 6.45) is 4.58. The summed E-state index contributed by atoms with van der Waals surface area (Å²) in [5.41, 5.74) is 4.33. The third-order valence-corrected chi connectivity index (χ3v) is 6.23. The molecule has 0 radical (unpaired) electrons. The van der Waals surface area contributed by atoms with Crippen molar-refractivity contribution in [2.75, 3.05) is 4.90 Å². The quantitative estimate of drug-likeness (QED) is 0.586. The maximum absolute atomic E-state index is 13.4. The van der Waals surface area contributed by atoms with Gasteiger partial charge in [0.1, 0.15) is 5.56 Å². The second-order valence-corrected chi connectivity index (χ2v) is 8.40. The molecule has 2 aliphatic rings. The molecule has 2 aliphatic heterocycles. The fraction of sp³-hybridized carbons (Fsp3) is 0.273. The van der Waals surface area contributed by atoms with Gasteiger partial charge in [0.05, 0.1) is 5.52 Å². The van der Waals surface area contributed by atoms with Crippen molar-refractivity contribution >= 4 is 38.4 Å². The second kappa shape index (κ2) is 6.06. The van der Waals surface area contributed by atoms with Crippen LogP contribution in [0.4, 0.5) is 5.69 Å². The van der Waals surface area contributed by atoms with Crippen molar-refractivity contribution in [2.24, 2.45) is 0 Å². The highest BCUT2D eigenvalue weighted by atomic mass is 79.9. The summed E-state index contributed by atoms with van der Waals surface area (Å²) in [7, 11) is 0. The highest BCUT2D eigenvalue weighted by Crippen LogP contribution is 2.35. The Balaban J connectivity index is 1.68. The number of anilines is 1. The molecule has 0 bridgehead atoms. The molecule has 3 aromatic rings. The zero-order valence-electron chi connectivity index (χ0n) is 15.0. The molecule has 0 aliphatic carbocycles. The summed E-state index contributed by atoms with van der Waals surface area (Å²) in [6.45, 7) is 2.87. The number of aryl methyl sites for hydroxylation is 2. The normalized spacial score (nSPS) is 18.0. The fourth-order valence-electron chi connectivity index (χ4n) is 4.55. The van der Waals surface area contributed by atoms with Gasteiger partial charge < -0.3 is 9.47 Å². The minimum atomic E-state index is -0.199. The van der Waals surface area contributed by atoms with E-state index in [-0.39, 0.29) is 22.9 Å². The maximum atomic E-state index is 13.4. The minimum absolute atomic E-state index is 0.0320. The number of carbonyl (C=O) groups excluding carboxylic acids is 1. The number of carbonyl (C=O) groups is 1. The topological polar surface area (TPSA) is 42.3 Å². The summed E-state index contributed by atoms with van der Waals surface area (Å²) in [5, 5.41) is 0.654. The van der Waals surface area contributed by atoms with Gasteiger partial charge >= 0.3 is 0 Å². The fourth-order valence-corrected chi connectivity index (χ4v) is 4.96. The van der Waals surface area contributed by atoms with Crippen molar-refractivity contribution in [1.29, 1.82) is 0 Å². The molecule has 1 aromatic heterocycles. The largest absolute Gasteiger partial charge is 0.346 e. The lowest BCUT2D eigenvalue weighted by Gasteiger charge is -2.25. The Morgan fingerprint density at radius 1 is 1.19 bits per heavy atom. The number of aromatic nitrogens is 1. The summed E-state index contributed by atoms with van der Waals surface area (Å²) in [6, 6.07) is 11.8. The molecular weight excluding hydrogens is 404 g/mol. The van der Waals surface area contributed by atoms with Crippen molar-refractivity contribution in [2.45, 2.75) is 38.8 Å². The van der Waals surface area contributed by atoms with Crippen LogP contribution in [0.2, 0.25) is 0 Å². The molecule has 1 amide bonds. The van der Waals surface area contributed by atoms with Crippen LogP contribution < -0.4 is 10.3 Å². The predicted octanol–water partition coefficient (Wildman–Crippen LogP) is 4.30. The third-order valence-electron chi connectivity index (χ3n) is 5.73. The number of hydrogen-bond donors (Lipinski definition) is 0. The standard InChI is InChI=1S/C22H19BrN2O2/c1-13-10-15-11-16(23)7-8-19(15)25(13)22(27)18-12-24-9-3-5-14-4-2-6-17(20(14)24)21(18)26/h2,4,6-8,11-13H,3,5,9-10H2,1H3/t13-/m0/s1. The van der Waals surface area contributed by atoms with Gasteiger partial charge in [0.15, 0.2) is 0 Å². The third kappa shape index (κ3) is 2.48. The van der Waals surface area contributed by atoms with Gasteiger partial charge in [-0.1, -0.05) is 28.1 Å². The predicted molar refractivity (Wildman–Crippen MR) is 111 cm³/mol. The van der Waals surface area contributed by atoms with Gasteiger partial charge in [-0.15, -0.1) is 0 Å². The Morgan fingerprint density at radius 3 is 2.89 bits per heavy atom. The number of nitrogens with zero attached hydrogens (tertiary/aromatic N) is 2. The van der Waals surface area contributed by atoms with Crippen LogP contribution in [0.15, 0.2) is 51.9 Å². The van der Waals surface area contributed by atoms with Gasteiger partial charge in [0, 0.05) is 34.3 Å². The number of fused-ring (bicyclic) bond motifs is 1. The number of amides is 1. The Labute approximate surface area is 165 Å². The molecule has 4 nitrogen and oxygen atoms in total. The van der Waals surface area contributed by atoms with Gasteiger partial charge in [-0.05, 0) is 61.6 Å². The molecular formula is C22H19BrN2O2. The number of hydrogen-bond acceptors (Lipinski definition) is 2. The average molecular weight is 423 g/mol. The lowest BCUT2D eigenvalue weighted by atomic mass is 9.99. The zero-order chi connectivity index (χ0) is 18.7. The highest BCUT2D eigenvalue weighted by Gasteiger charge is 2.33. The monoisotopic (exact) mass is 422 g/mol. The Bertz CT molecular complexity index is 1160. The van der Waals surface area contributed by atoms with E-state index < -0.39 is 0 Å². The molecule has 0 saturated heterocycles. The van der Waals surface area contributed by atoms with E-state index in [4.69, 9.17) is 0 Å². The van der Waals surface area contributed by atoms with Gasteiger partial charge in [-0.25, -0.2) is 0 Å². The summed E-state index contributed by atoms with van der Waals surface area (Å²) in [4.78, 5) is 28.4. The van der Waals surface area contributed by atoms with Crippen LogP contribution in [0.25, 0.3) is 10.9 Å². The van der Waals surface area contributed by atoms with E-state index in [1.807, 2.05) is 31.2 Å². The summed E-state index contributed by atoms with van der Waals surface area (Å²) >= 11 is 3.50. The molecule has 5 rings (SSSR count). The van der Waals surface area contributed by atoms with Crippen LogP contribution in [-0.4, -0.2) is 16.5 Å². The molecule has 0 fully saturated rings. The minimum Gasteiger partial charge on any atom is -0.346 e. The van der Waals surface area contributed by atoms with Crippen molar-refractivity contribution in [3.63, 3.8) is 0 Å². The van der Waals surface area contributed by atoms with Crippen molar-refractivity contribution in [3.05, 3.63) is 74.0 Å². The van der Waals surface area contributed by atoms with Crippen LogP contribution in [0.3, 0.4) is 0 Å². The molecule has 0 N–H and O–H groups in total. The first kappa shape index (κ1) is 16.8. The molecule has 3 heterocycles. The van der Waals surface area contributed by atoms with E-state index in [0.29, 0.717) is 5.39 Å². The van der Waals surface area contributed by atoms with Gasteiger partial charge in [0.2, 0.25) is 5.43 Å². The first-order chi connectivity index (χ1) is 13.0. The number of pyridine rings is 1.